The average Bonchev–Trinajstić information content (AvgIpc) is 2.86. The zero-order valence-corrected chi connectivity index (χ0v) is 23.0. The molecule has 190 valence electrons. The van der Waals surface area contributed by atoms with Gasteiger partial charge >= 0.3 is 213 Å². The van der Waals surface area contributed by atoms with Crippen molar-refractivity contribution in [3.8, 4) is 5.75 Å². The van der Waals surface area contributed by atoms with E-state index in [4.69, 9.17) is 16.3 Å². The molecule has 3 aromatic rings. The van der Waals surface area contributed by atoms with Gasteiger partial charge < -0.3 is 0 Å². The van der Waals surface area contributed by atoms with E-state index < -0.39 is 31.6 Å². The van der Waals surface area contributed by atoms with Crippen molar-refractivity contribution < 1.29 is 22.7 Å². The number of allylic oxidation sites excluding steroid dienone is 1. The zero-order chi connectivity index (χ0) is 26.3. The summed E-state index contributed by atoms with van der Waals surface area (Å²) < 4.78 is 50.6. The van der Waals surface area contributed by atoms with Crippen molar-refractivity contribution in [2.75, 3.05) is 13.8 Å². The number of hydrogen-bond donors (Lipinski definition) is 0. The normalized spacial score (nSPS) is 12.4. The van der Waals surface area contributed by atoms with E-state index >= 15 is 0 Å². The van der Waals surface area contributed by atoms with E-state index in [-0.39, 0.29) is 23.0 Å². The van der Waals surface area contributed by atoms with Crippen molar-refractivity contribution in [1.29, 1.82) is 0 Å². The van der Waals surface area contributed by atoms with E-state index in [9.17, 15) is 18.0 Å². The predicted octanol–water partition coefficient (Wildman–Crippen LogP) is 8.57. The second-order valence-electron chi connectivity index (χ2n) is 8.33. The molecule has 36 heavy (non-hydrogen) atoms. The molecule has 0 spiro atoms. The summed E-state index contributed by atoms with van der Waals surface area (Å²) in [5, 5.41) is 0.573. The molecular weight excluding hydrogens is 600 g/mol. The minimum absolute atomic E-state index is 0.0793. The van der Waals surface area contributed by atoms with Crippen LogP contribution in [-0.2, 0) is 10.7 Å². The standard InChI is InChI=1S/C29H27ClF3IO2/c1-4-20(2)27(35)19-34(3)17-16-28(21-6-5-7-24(30)18-21)36-26-14-10-23(11-15-26)29(32,33)22-8-12-25(31)13-9-22/h5-15,18,28H,1,16-17,19H2,2-3H3. The number of carbonyl (C=O) groups excluding carboxylic acids is 1. The molecule has 3 rings (SSSR count). The zero-order valence-electron chi connectivity index (χ0n) is 20.0. The van der Waals surface area contributed by atoms with Gasteiger partial charge in [0.25, 0.3) is 0 Å². The summed E-state index contributed by atoms with van der Waals surface area (Å²) in [6, 6.07) is 17.2. The maximum absolute atomic E-state index is 14.9. The van der Waals surface area contributed by atoms with E-state index in [0.717, 1.165) is 34.3 Å². The van der Waals surface area contributed by atoms with Gasteiger partial charge in [-0.05, 0) is 0 Å². The van der Waals surface area contributed by atoms with Crippen molar-refractivity contribution in [2.45, 2.75) is 25.4 Å². The molecule has 0 fully saturated rings. The number of rotatable bonds is 11. The molecule has 2 nitrogen and oxygen atoms in total. The Hall–Kier alpha value is -2.54. The Morgan fingerprint density at radius 2 is 1.69 bits per heavy atom. The summed E-state index contributed by atoms with van der Waals surface area (Å²) in [5.74, 6) is -3.32. The van der Waals surface area contributed by atoms with Crippen molar-refractivity contribution in [2.24, 2.45) is 0 Å². The molecule has 7 heteroatoms. The van der Waals surface area contributed by atoms with Crippen LogP contribution in [0.2, 0.25) is 5.02 Å². The molecule has 0 aliphatic carbocycles. The minimum atomic E-state index is -3.27. The third-order valence-electron chi connectivity index (χ3n) is 5.65. The van der Waals surface area contributed by atoms with E-state index in [1.165, 1.54) is 24.3 Å². The van der Waals surface area contributed by atoms with Gasteiger partial charge in [0, 0.05) is 0 Å². The molecule has 3 aromatic carbocycles. The number of Topliss-reactive ketones (excluding diaryl/α,β-unsaturated/α-hetero) is 1. The van der Waals surface area contributed by atoms with Crippen molar-refractivity contribution in [3.05, 3.63) is 118 Å². The number of benzene rings is 3. The van der Waals surface area contributed by atoms with Gasteiger partial charge in [-0.2, -0.15) is 0 Å². The summed E-state index contributed by atoms with van der Waals surface area (Å²) in [4.78, 5) is 14.4. The van der Waals surface area contributed by atoms with Gasteiger partial charge in [0.15, 0.2) is 0 Å². The number of carbonyl (C=O) groups is 1. The Kier molecular flexibility index (Phi) is 9.83. The third kappa shape index (κ3) is 7.48. The topological polar surface area (TPSA) is 26.3 Å². The number of hydrogen-bond acceptors (Lipinski definition) is 2. The average molecular weight is 627 g/mol. The molecule has 0 aliphatic rings. The predicted molar refractivity (Wildman–Crippen MR) is 148 cm³/mol. The Balaban J connectivity index is 1.76. The van der Waals surface area contributed by atoms with Crippen molar-refractivity contribution in [3.63, 3.8) is 0 Å². The van der Waals surface area contributed by atoms with Crippen LogP contribution in [-0.4, -0.2) is 19.6 Å². The second kappa shape index (κ2) is 12.6. The molecule has 1 atom stereocenters. The molecular formula is C29H27ClF3IO2. The molecule has 1 unspecified atom stereocenters. The van der Waals surface area contributed by atoms with Crippen LogP contribution in [0, 0.1) is 5.82 Å². The monoisotopic (exact) mass is 626 g/mol. The van der Waals surface area contributed by atoms with Crippen LogP contribution in [0.25, 0.3) is 0 Å². The number of ketones is 1. The van der Waals surface area contributed by atoms with Crippen molar-refractivity contribution in [1.82, 2.24) is 0 Å². The van der Waals surface area contributed by atoms with Crippen LogP contribution < -0.4 is 4.74 Å². The van der Waals surface area contributed by atoms with Crippen LogP contribution in [0.3, 0.4) is 0 Å². The molecule has 0 N–H and O–H groups in total. The molecule has 0 saturated heterocycles. The van der Waals surface area contributed by atoms with E-state index in [1.54, 1.807) is 13.0 Å². The Bertz CT molecular complexity index is 1240. The first-order valence-corrected chi connectivity index (χ1v) is 16.8. The van der Waals surface area contributed by atoms with Gasteiger partial charge in [-0.3, -0.25) is 0 Å². The molecule has 0 radical (unpaired) electrons. The number of ether oxygens (including phenoxy) is 1. The third-order valence-corrected chi connectivity index (χ3v) is 10.3. The van der Waals surface area contributed by atoms with Crippen LogP contribution in [0.4, 0.5) is 13.2 Å². The first-order valence-electron chi connectivity index (χ1n) is 11.2. The molecule has 0 amide bonds. The van der Waals surface area contributed by atoms with E-state index in [2.05, 4.69) is 17.2 Å². The van der Waals surface area contributed by atoms with Gasteiger partial charge in [-0.15, -0.1) is 0 Å². The van der Waals surface area contributed by atoms with E-state index in [1.807, 2.05) is 18.2 Å². The summed E-state index contributed by atoms with van der Waals surface area (Å²) in [5.41, 5.74) is 3.59. The fourth-order valence-corrected chi connectivity index (χ4v) is 7.46. The van der Waals surface area contributed by atoms with Crippen LogP contribution in [0.5, 0.6) is 5.75 Å². The van der Waals surface area contributed by atoms with Crippen molar-refractivity contribution >= 4 is 37.2 Å². The SMILES string of the molecule is C=C=C(C)C(=O)CI(C)CCC(Oc1ccc(C(F)(F)c2ccc(F)cc2)cc1)c1cccc(Cl)c1. The molecule has 0 heterocycles. The van der Waals surface area contributed by atoms with Gasteiger partial charge in [0.2, 0.25) is 0 Å². The summed E-state index contributed by atoms with van der Waals surface area (Å²) in [6.07, 6.45) is 0.317. The van der Waals surface area contributed by atoms with E-state index in [0.29, 0.717) is 27.2 Å². The first kappa shape index (κ1) is 28.0. The van der Waals surface area contributed by atoms with Gasteiger partial charge in [0.1, 0.15) is 5.82 Å². The quantitative estimate of drug-likeness (QED) is 0.0923. The van der Waals surface area contributed by atoms with Gasteiger partial charge in [0.05, 0.1) is 0 Å². The second-order valence-corrected chi connectivity index (χ2v) is 14.7. The summed E-state index contributed by atoms with van der Waals surface area (Å²) >= 11 is 4.63. The maximum atomic E-state index is 14.9. The summed E-state index contributed by atoms with van der Waals surface area (Å²) in [6.45, 7) is 5.26. The fourth-order valence-electron chi connectivity index (χ4n) is 3.49. The van der Waals surface area contributed by atoms with Crippen LogP contribution >= 0.6 is 31.4 Å². The Morgan fingerprint density at radius 1 is 1.08 bits per heavy atom. The van der Waals surface area contributed by atoms with Gasteiger partial charge in [-0.25, -0.2) is 4.39 Å². The molecule has 0 aromatic heterocycles. The Morgan fingerprint density at radius 3 is 2.28 bits per heavy atom. The Labute approximate surface area is 222 Å². The number of alkyl halides is 5. The molecule has 0 bridgehead atoms. The molecule has 0 saturated carbocycles. The van der Waals surface area contributed by atoms with Crippen LogP contribution in [0.1, 0.15) is 36.1 Å². The molecule has 0 aliphatic heterocycles. The first-order chi connectivity index (χ1) is 17.1. The number of halogens is 5. The van der Waals surface area contributed by atoms with Crippen LogP contribution in [0.15, 0.2) is 90.7 Å². The summed E-state index contributed by atoms with van der Waals surface area (Å²) in [7, 11) is 0. The fraction of sp³-hybridized carbons (Fsp3) is 0.241. The van der Waals surface area contributed by atoms with Gasteiger partial charge in [-0.1, -0.05) is 0 Å².